The van der Waals surface area contributed by atoms with Crippen LogP contribution < -0.4 is 5.32 Å². The first kappa shape index (κ1) is 18.1. The van der Waals surface area contributed by atoms with Gasteiger partial charge in [0.2, 0.25) is 5.91 Å². The predicted molar refractivity (Wildman–Crippen MR) is 83.3 cm³/mol. The van der Waals surface area contributed by atoms with Crippen LogP contribution >= 0.6 is 0 Å². The molecule has 2 saturated heterocycles. The molecule has 3 amide bonds. The van der Waals surface area contributed by atoms with Crippen LogP contribution in [-0.4, -0.2) is 65.8 Å². The highest BCUT2D eigenvalue weighted by Crippen LogP contribution is 2.51. The molecule has 2 aliphatic heterocycles. The Bertz CT molecular complexity index is 720. The van der Waals surface area contributed by atoms with E-state index in [1.807, 2.05) is 13.8 Å². The highest BCUT2D eigenvalue weighted by atomic mass is 32.3. The first-order valence-corrected chi connectivity index (χ1v) is 9.43. The average molecular weight is 375 g/mol. The number of amides is 3. The number of urea groups is 1. The summed E-state index contributed by atoms with van der Waals surface area (Å²) in [7, 11) is -4.82. The van der Waals surface area contributed by atoms with Gasteiger partial charge in [0.1, 0.15) is 6.04 Å². The highest BCUT2D eigenvalue weighted by Gasteiger charge is 2.51. The quantitative estimate of drug-likeness (QED) is 0.610. The number of carbonyl (C=O) groups excluding carboxylic acids is 3. The Labute approximate surface area is 145 Å². The number of Topliss-reactive ketones (excluding diaryl/α,β-unsaturated/α-hetero) is 1. The second-order valence-corrected chi connectivity index (χ2v) is 8.44. The van der Waals surface area contributed by atoms with Crippen molar-refractivity contribution in [3.05, 3.63) is 0 Å². The van der Waals surface area contributed by atoms with Gasteiger partial charge in [-0.05, 0) is 24.7 Å². The van der Waals surface area contributed by atoms with Crippen molar-refractivity contribution in [2.75, 3.05) is 13.1 Å². The number of rotatable bonds is 6. The molecule has 11 heteroatoms. The van der Waals surface area contributed by atoms with E-state index in [2.05, 4.69) is 9.60 Å². The molecule has 3 aliphatic rings. The summed E-state index contributed by atoms with van der Waals surface area (Å²) in [5, 5.41) is 3.15. The normalized spacial score (nSPS) is 30.4. The number of carbonyl (C=O) groups is 3. The molecule has 0 aromatic carbocycles. The van der Waals surface area contributed by atoms with Crippen LogP contribution in [0.25, 0.3) is 0 Å². The Hall–Kier alpha value is -1.72. The van der Waals surface area contributed by atoms with E-state index in [0.717, 1.165) is 6.42 Å². The maximum atomic E-state index is 12.3. The first-order chi connectivity index (χ1) is 11.5. The van der Waals surface area contributed by atoms with Gasteiger partial charge in [-0.3, -0.25) is 14.1 Å². The lowest BCUT2D eigenvalue weighted by molar-refractivity contribution is -0.129. The van der Waals surface area contributed by atoms with Crippen molar-refractivity contribution in [1.82, 2.24) is 15.3 Å². The summed E-state index contributed by atoms with van der Waals surface area (Å²) >= 11 is 0. The molecule has 0 spiro atoms. The molecule has 0 aromatic rings. The van der Waals surface area contributed by atoms with Crippen molar-refractivity contribution < 1.29 is 31.6 Å². The van der Waals surface area contributed by atoms with Gasteiger partial charge in [-0.25, -0.2) is 4.79 Å². The number of hydrogen-bond donors (Lipinski definition) is 2. The van der Waals surface area contributed by atoms with Gasteiger partial charge in [-0.2, -0.15) is 13.5 Å². The topological polar surface area (TPSA) is 133 Å². The molecular formula is C14H21N3O7S. The van der Waals surface area contributed by atoms with Crippen LogP contribution in [0, 0.1) is 11.3 Å². The second-order valence-electron chi connectivity index (χ2n) is 7.44. The van der Waals surface area contributed by atoms with Gasteiger partial charge in [0.05, 0.1) is 12.6 Å². The zero-order valence-electron chi connectivity index (χ0n) is 14.0. The van der Waals surface area contributed by atoms with Crippen molar-refractivity contribution in [1.29, 1.82) is 0 Å². The number of hydroxylamine groups is 2. The van der Waals surface area contributed by atoms with Crippen LogP contribution in [0.2, 0.25) is 0 Å². The minimum atomic E-state index is -4.82. The summed E-state index contributed by atoms with van der Waals surface area (Å²) in [5.74, 6) is -0.529. The van der Waals surface area contributed by atoms with E-state index in [9.17, 15) is 22.8 Å². The van der Waals surface area contributed by atoms with E-state index in [-0.39, 0.29) is 30.2 Å². The molecule has 1 aliphatic carbocycles. The number of fused-ring (bicyclic) bond motifs is 2. The zero-order chi connectivity index (χ0) is 18.6. The molecule has 1 saturated carbocycles. The van der Waals surface area contributed by atoms with Gasteiger partial charge in [0, 0.05) is 12.5 Å². The molecule has 25 heavy (non-hydrogen) atoms. The minimum Gasteiger partial charge on any atom is -0.347 e. The van der Waals surface area contributed by atoms with E-state index >= 15 is 0 Å². The molecule has 10 nitrogen and oxygen atoms in total. The Balaban J connectivity index is 1.58. The van der Waals surface area contributed by atoms with E-state index in [1.165, 1.54) is 4.90 Å². The molecule has 140 valence electrons. The van der Waals surface area contributed by atoms with E-state index in [0.29, 0.717) is 17.9 Å². The molecule has 2 heterocycles. The predicted octanol–water partition coefficient (Wildman–Crippen LogP) is -0.279. The van der Waals surface area contributed by atoms with E-state index < -0.39 is 34.4 Å². The number of ketones is 1. The summed E-state index contributed by atoms with van der Waals surface area (Å²) in [4.78, 5) is 37.8. The van der Waals surface area contributed by atoms with Gasteiger partial charge < -0.3 is 10.2 Å². The lowest BCUT2D eigenvalue weighted by atomic mass is 10.00. The van der Waals surface area contributed by atoms with Gasteiger partial charge in [0.15, 0.2) is 5.78 Å². The van der Waals surface area contributed by atoms with Gasteiger partial charge >= 0.3 is 16.4 Å². The summed E-state index contributed by atoms with van der Waals surface area (Å²) in [6.45, 7) is 4.02. The van der Waals surface area contributed by atoms with Crippen molar-refractivity contribution in [2.45, 2.75) is 45.2 Å². The monoisotopic (exact) mass is 375 g/mol. The Morgan fingerprint density at radius 2 is 2.00 bits per heavy atom. The summed E-state index contributed by atoms with van der Waals surface area (Å²) in [6.07, 6.45) is 1.47. The smallest absolute Gasteiger partial charge is 0.347 e. The van der Waals surface area contributed by atoms with Crippen molar-refractivity contribution in [2.24, 2.45) is 11.3 Å². The van der Waals surface area contributed by atoms with Crippen LogP contribution in [0.3, 0.4) is 0 Å². The lowest BCUT2D eigenvalue weighted by Crippen LogP contribution is -2.50. The van der Waals surface area contributed by atoms with Gasteiger partial charge in [-0.1, -0.05) is 13.8 Å². The van der Waals surface area contributed by atoms with Crippen LogP contribution in [0.1, 0.15) is 33.1 Å². The maximum absolute atomic E-state index is 12.3. The largest absolute Gasteiger partial charge is 0.418 e. The van der Waals surface area contributed by atoms with Crippen LogP contribution in [0.4, 0.5) is 4.79 Å². The molecular weight excluding hydrogens is 354 g/mol. The summed E-state index contributed by atoms with van der Waals surface area (Å²) in [5.41, 5.74) is -0.0155. The maximum Gasteiger partial charge on any atom is 0.418 e. The van der Waals surface area contributed by atoms with Gasteiger partial charge in [0.25, 0.3) is 0 Å². The minimum absolute atomic E-state index is 0.0155. The molecule has 2 bridgehead atoms. The fraction of sp³-hybridized carbons (Fsp3) is 0.786. The van der Waals surface area contributed by atoms with Gasteiger partial charge in [-0.15, -0.1) is 4.28 Å². The molecule has 3 fully saturated rings. The van der Waals surface area contributed by atoms with E-state index in [4.69, 9.17) is 4.55 Å². The molecule has 0 radical (unpaired) electrons. The number of piperidine rings is 1. The Kier molecular flexibility index (Phi) is 4.28. The number of nitrogens with zero attached hydrogens (tertiary/aromatic N) is 2. The third-order valence-electron chi connectivity index (χ3n) is 5.14. The van der Waals surface area contributed by atoms with Crippen molar-refractivity contribution in [3.63, 3.8) is 0 Å². The third kappa shape index (κ3) is 3.62. The molecule has 3 rings (SSSR count). The third-order valence-corrected chi connectivity index (χ3v) is 5.49. The van der Waals surface area contributed by atoms with Crippen LogP contribution in [0.15, 0.2) is 0 Å². The lowest BCUT2D eigenvalue weighted by Gasteiger charge is -2.29. The molecule has 0 aromatic heterocycles. The fourth-order valence-corrected chi connectivity index (χ4v) is 3.92. The van der Waals surface area contributed by atoms with Crippen LogP contribution in [0.5, 0.6) is 0 Å². The molecule has 3 atom stereocenters. The van der Waals surface area contributed by atoms with Crippen LogP contribution in [-0.2, 0) is 24.3 Å². The standard InChI is InChI=1S/C14H21N3O7S/c1-14(2)5-9(14)11(18)6-15-12(19)10-4-3-8-7-16(10)13(20)17(8)24-25(21,22)23/h8-10H,3-7H2,1-2H3,(H,15,19)(H,21,22,23)/t8-,9?,10+/m1/s1. The Morgan fingerprint density at radius 3 is 2.56 bits per heavy atom. The Morgan fingerprint density at radius 1 is 1.36 bits per heavy atom. The number of nitrogens with one attached hydrogen (secondary N) is 1. The summed E-state index contributed by atoms with van der Waals surface area (Å²) < 4.78 is 34.7. The average Bonchev–Trinajstić information content (AvgIpc) is 3.10. The van der Waals surface area contributed by atoms with Crippen molar-refractivity contribution >= 4 is 28.1 Å². The molecule has 2 N–H and O–H groups in total. The second kappa shape index (κ2) is 5.92. The number of hydrogen-bond acceptors (Lipinski definition) is 6. The van der Waals surface area contributed by atoms with E-state index in [1.54, 1.807) is 0 Å². The first-order valence-electron chi connectivity index (χ1n) is 8.07. The fourth-order valence-electron chi connectivity index (χ4n) is 3.54. The SMILES string of the molecule is CC1(C)CC1C(=O)CNC(=O)[C@@H]1CC[C@@H]2CN1C(=O)N2OS(=O)(=O)O. The van der Waals surface area contributed by atoms with Crippen molar-refractivity contribution in [3.8, 4) is 0 Å². The zero-order valence-corrected chi connectivity index (χ0v) is 14.8. The summed E-state index contributed by atoms with van der Waals surface area (Å²) in [6, 6.07) is -2.14. The molecule has 1 unspecified atom stereocenters. The highest BCUT2D eigenvalue weighted by molar-refractivity contribution is 7.80.